The number of nitrogens with zero attached hydrogens (tertiary/aromatic N) is 4. The third-order valence-corrected chi connectivity index (χ3v) is 7.08. The highest BCUT2D eigenvalue weighted by molar-refractivity contribution is 5.97. The number of alkyl halides is 3. The van der Waals surface area contributed by atoms with Gasteiger partial charge in [0, 0.05) is 56.1 Å². The molecule has 1 aliphatic carbocycles. The summed E-state index contributed by atoms with van der Waals surface area (Å²) in [7, 11) is 5.54. The lowest BCUT2D eigenvalue weighted by Gasteiger charge is -2.25. The van der Waals surface area contributed by atoms with E-state index < -0.39 is 17.8 Å². The Morgan fingerprint density at radius 1 is 0.947 bits per heavy atom. The van der Waals surface area contributed by atoms with Gasteiger partial charge >= 0.3 is 6.18 Å². The molecule has 0 fully saturated rings. The molecule has 2 aromatic carbocycles. The predicted octanol–water partition coefficient (Wildman–Crippen LogP) is 5.33. The summed E-state index contributed by atoms with van der Waals surface area (Å²) in [4.78, 5) is 30.3. The zero-order valence-corrected chi connectivity index (χ0v) is 22.0. The standard InChI is InChI=1S/C29H33F3N4O2/c1-34(2)22-13-15-23(16-14-22)35(3)28(38)21(17-20-9-5-4-6-10-20)18-24(37)19-36-26-12-8-7-11-25(26)27(33-36)29(30,31)32/h4-6,9-10,13-16,21H,7-8,11-12,17-19H2,1-3H3. The van der Waals surface area contributed by atoms with Gasteiger partial charge in [-0.25, -0.2) is 0 Å². The van der Waals surface area contributed by atoms with Crippen molar-refractivity contribution in [1.82, 2.24) is 9.78 Å². The molecular formula is C29H33F3N4O2. The van der Waals surface area contributed by atoms with Crippen LogP contribution in [0.2, 0.25) is 0 Å². The highest BCUT2D eigenvalue weighted by atomic mass is 19.4. The van der Waals surface area contributed by atoms with Crippen LogP contribution in [0.5, 0.6) is 0 Å². The van der Waals surface area contributed by atoms with Crippen LogP contribution in [-0.2, 0) is 41.6 Å². The maximum atomic E-state index is 13.6. The van der Waals surface area contributed by atoms with E-state index in [1.54, 1.807) is 7.05 Å². The van der Waals surface area contributed by atoms with Gasteiger partial charge in [-0.1, -0.05) is 30.3 Å². The second-order valence-corrected chi connectivity index (χ2v) is 10.1. The molecule has 0 aliphatic heterocycles. The van der Waals surface area contributed by atoms with Crippen molar-refractivity contribution in [3.05, 3.63) is 77.1 Å². The molecule has 0 saturated heterocycles. The van der Waals surface area contributed by atoms with E-state index >= 15 is 0 Å². The van der Waals surface area contributed by atoms with Crippen LogP contribution in [0.1, 0.15) is 41.8 Å². The zero-order valence-electron chi connectivity index (χ0n) is 22.0. The van der Waals surface area contributed by atoms with Crippen molar-refractivity contribution < 1.29 is 22.8 Å². The smallest absolute Gasteiger partial charge is 0.378 e. The SMILES string of the molecule is CN(C)c1ccc(N(C)C(=O)C(CC(=O)Cn2nc(C(F)(F)F)c3c2CCCC3)Cc2ccccc2)cc1. The molecule has 1 unspecified atom stereocenters. The van der Waals surface area contributed by atoms with Crippen molar-refractivity contribution in [1.29, 1.82) is 0 Å². The summed E-state index contributed by atoms with van der Waals surface area (Å²) in [5, 5.41) is 3.82. The third kappa shape index (κ3) is 6.26. The van der Waals surface area contributed by atoms with Gasteiger partial charge in [0.2, 0.25) is 5.91 Å². The fourth-order valence-corrected chi connectivity index (χ4v) is 5.06. The van der Waals surface area contributed by atoms with Crippen molar-refractivity contribution in [2.24, 2.45) is 5.92 Å². The minimum Gasteiger partial charge on any atom is -0.378 e. The Morgan fingerprint density at radius 2 is 1.58 bits per heavy atom. The average molecular weight is 527 g/mol. The van der Waals surface area contributed by atoms with Crippen LogP contribution in [0.15, 0.2) is 54.6 Å². The van der Waals surface area contributed by atoms with Gasteiger partial charge in [-0.15, -0.1) is 0 Å². The Morgan fingerprint density at radius 3 is 2.21 bits per heavy atom. The van der Waals surface area contributed by atoms with Gasteiger partial charge < -0.3 is 9.80 Å². The number of amides is 1. The Balaban J connectivity index is 1.55. The molecule has 3 aromatic rings. The second-order valence-electron chi connectivity index (χ2n) is 10.1. The molecule has 1 amide bonds. The fourth-order valence-electron chi connectivity index (χ4n) is 5.06. The Labute approximate surface area is 221 Å². The van der Waals surface area contributed by atoms with Crippen LogP contribution < -0.4 is 9.80 Å². The normalized spacial score (nSPS) is 14.1. The monoisotopic (exact) mass is 526 g/mol. The van der Waals surface area contributed by atoms with E-state index in [1.807, 2.05) is 73.6 Å². The Hall–Kier alpha value is -3.62. The van der Waals surface area contributed by atoms with Crippen molar-refractivity contribution >= 4 is 23.1 Å². The Kier molecular flexibility index (Phi) is 8.23. The quantitative estimate of drug-likeness (QED) is 0.378. The van der Waals surface area contributed by atoms with E-state index in [2.05, 4.69) is 5.10 Å². The number of aromatic nitrogens is 2. The van der Waals surface area contributed by atoms with Gasteiger partial charge in [0.05, 0.1) is 6.54 Å². The molecule has 0 saturated carbocycles. The van der Waals surface area contributed by atoms with E-state index in [-0.39, 0.29) is 30.2 Å². The molecule has 0 radical (unpaired) electrons. The summed E-state index contributed by atoms with van der Waals surface area (Å²) >= 11 is 0. The van der Waals surface area contributed by atoms with Crippen LogP contribution in [0.25, 0.3) is 0 Å². The van der Waals surface area contributed by atoms with E-state index in [0.717, 1.165) is 17.7 Å². The van der Waals surface area contributed by atoms with Gasteiger partial charge in [0.1, 0.15) is 0 Å². The molecular weight excluding hydrogens is 493 g/mol. The van der Waals surface area contributed by atoms with Gasteiger partial charge in [-0.2, -0.15) is 18.3 Å². The van der Waals surface area contributed by atoms with Crippen molar-refractivity contribution in [2.45, 2.75) is 51.2 Å². The highest BCUT2D eigenvalue weighted by Gasteiger charge is 2.39. The number of hydrogen-bond acceptors (Lipinski definition) is 4. The first kappa shape index (κ1) is 27.4. The van der Waals surface area contributed by atoms with Gasteiger partial charge in [0.15, 0.2) is 11.5 Å². The van der Waals surface area contributed by atoms with Crippen LogP contribution in [0, 0.1) is 5.92 Å². The number of ketones is 1. The van der Waals surface area contributed by atoms with Gasteiger partial charge in [0.25, 0.3) is 0 Å². The highest BCUT2D eigenvalue weighted by Crippen LogP contribution is 2.36. The first-order valence-corrected chi connectivity index (χ1v) is 12.8. The molecule has 9 heteroatoms. The maximum absolute atomic E-state index is 13.6. The molecule has 202 valence electrons. The number of benzene rings is 2. The number of carbonyl (C=O) groups is 2. The van der Waals surface area contributed by atoms with Crippen molar-refractivity contribution in [3.63, 3.8) is 0 Å². The molecule has 0 bridgehead atoms. The molecule has 1 atom stereocenters. The first-order valence-electron chi connectivity index (χ1n) is 12.8. The number of rotatable bonds is 9. The van der Waals surface area contributed by atoms with E-state index in [1.165, 1.54) is 9.58 Å². The molecule has 6 nitrogen and oxygen atoms in total. The van der Waals surface area contributed by atoms with E-state index in [9.17, 15) is 22.8 Å². The van der Waals surface area contributed by atoms with Gasteiger partial charge in [-0.05, 0) is 61.9 Å². The number of anilines is 2. The minimum absolute atomic E-state index is 0.0934. The van der Waals surface area contributed by atoms with Crippen molar-refractivity contribution in [3.8, 4) is 0 Å². The lowest BCUT2D eigenvalue weighted by Crippen LogP contribution is -2.35. The zero-order chi connectivity index (χ0) is 27.4. The molecule has 1 aliphatic rings. The lowest BCUT2D eigenvalue weighted by molar-refractivity contribution is -0.142. The van der Waals surface area contributed by atoms with Gasteiger partial charge in [-0.3, -0.25) is 14.3 Å². The maximum Gasteiger partial charge on any atom is 0.435 e. The van der Waals surface area contributed by atoms with Crippen LogP contribution >= 0.6 is 0 Å². The summed E-state index contributed by atoms with van der Waals surface area (Å²) in [6, 6.07) is 16.9. The molecule has 0 spiro atoms. The number of halogens is 3. The van der Waals surface area contributed by atoms with Crippen LogP contribution in [-0.4, -0.2) is 42.6 Å². The number of Topliss-reactive ketones (excluding diaryl/α,β-unsaturated/α-hetero) is 1. The second kappa shape index (κ2) is 11.4. The van der Waals surface area contributed by atoms with Crippen molar-refractivity contribution in [2.75, 3.05) is 30.9 Å². The van der Waals surface area contributed by atoms with Crippen LogP contribution in [0.3, 0.4) is 0 Å². The summed E-state index contributed by atoms with van der Waals surface area (Å²) < 4.78 is 42.0. The lowest BCUT2D eigenvalue weighted by atomic mass is 9.92. The third-order valence-electron chi connectivity index (χ3n) is 7.08. The van der Waals surface area contributed by atoms with E-state index in [0.29, 0.717) is 37.1 Å². The summed E-state index contributed by atoms with van der Waals surface area (Å²) in [6.45, 7) is -0.280. The van der Waals surface area contributed by atoms with E-state index in [4.69, 9.17) is 0 Å². The average Bonchev–Trinajstić information content (AvgIpc) is 3.27. The molecule has 1 heterocycles. The topological polar surface area (TPSA) is 58.4 Å². The molecule has 38 heavy (non-hydrogen) atoms. The molecule has 1 aromatic heterocycles. The summed E-state index contributed by atoms with van der Waals surface area (Å²) in [5.41, 5.74) is 2.40. The number of hydrogen-bond donors (Lipinski definition) is 0. The summed E-state index contributed by atoms with van der Waals surface area (Å²) in [6.07, 6.45) is -2.11. The molecule has 4 rings (SSSR count). The predicted molar refractivity (Wildman–Crippen MR) is 141 cm³/mol. The summed E-state index contributed by atoms with van der Waals surface area (Å²) in [5.74, 6) is -1.21. The largest absolute Gasteiger partial charge is 0.435 e. The van der Waals surface area contributed by atoms with Crippen LogP contribution in [0.4, 0.5) is 24.5 Å². The Bertz CT molecular complexity index is 1270. The number of fused-ring (bicyclic) bond motifs is 1. The number of carbonyl (C=O) groups excluding carboxylic acids is 2. The molecule has 0 N–H and O–H groups in total. The fraction of sp³-hybridized carbons (Fsp3) is 0.414. The first-order chi connectivity index (χ1) is 18.0. The minimum atomic E-state index is -4.56.